The molecule has 0 saturated carbocycles. The van der Waals surface area contributed by atoms with E-state index in [0.29, 0.717) is 17.8 Å². The Morgan fingerprint density at radius 3 is 2.32 bits per heavy atom. The van der Waals surface area contributed by atoms with Crippen LogP contribution in [0.1, 0.15) is 63.2 Å². The molecule has 1 heterocycles. The number of benzene rings is 1. The normalized spacial score (nSPS) is 14.6. The number of aromatic amines is 1. The van der Waals surface area contributed by atoms with Gasteiger partial charge in [-0.3, -0.25) is 5.10 Å². The lowest BCUT2D eigenvalue weighted by molar-refractivity contribution is 0.479. The van der Waals surface area contributed by atoms with Crippen LogP contribution in [0.2, 0.25) is 0 Å². The van der Waals surface area contributed by atoms with Crippen LogP contribution in [0.25, 0.3) is 0 Å². The maximum atomic E-state index is 4.69. The molecule has 0 aliphatic carbocycles. The highest BCUT2D eigenvalue weighted by atomic mass is 15.2. The molecule has 2 unspecified atom stereocenters. The first-order valence-electron chi connectivity index (χ1n) is 7.10. The van der Waals surface area contributed by atoms with E-state index in [4.69, 9.17) is 0 Å². The number of aromatic nitrogens is 3. The summed E-state index contributed by atoms with van der Waals surface area (Å²) in [5, 5.41) is 7.48. The Morgan fingerprint density at radius 2 is 1.79 bits per heavy atom. The highest BCUT2D eigenvalue weighted by molar-refractivity contribution is 5.26. The van der Waals surface area contributed by atoms with Crippen molar-refractivity contribution in [1.82, 2.24) is 15.2 Å². The van der Waals surface area contributed by atoms with Crippen LogP contribution in [0.5, 0.6) is 0 Å². The van der Waals surface area contributed by atoms with Crippen molar-refractivity contribution >= 4 is 0 Å². The second-order valence-electron chi connectivity index (χ2n) is 5.51. The van der Waals surface area contributed by atoms with Crippen molar-refractivity contribution in [2.75, 3.05) is 0 Å². The minimum Gasteiger partial charge on any atom is -0.263 e. The van der Waals surface area contributed by atoms with E-state index in [9.17, 15) is 0 Å². The molecule has 1 aromatic carbocycles. The number of H-pyrrole nitrogens is 1. The van der Waals surface area contributed by atoms with Gasteiger partial charge in [-0.15, -0.1) is 0 Å². The summed E-state index contributed by atoms with van der Waals surface area (Å²) in [6, 6.07) is 10.6. The maximum Gasteiger partial charge on any atom is 0.153 e. The van der Waals surface area contributed by atoms with Gasteiger partial charge in [-0.1, -0.05) is 64.4 Å². The van der Waals surface area contributed by atoms with Crippen molar-refractivity contribution < 1.29 is 0 Å². The lowest BCUT2D eigenvalue weighted by Crippen LogP contribution is -2.12. The average Bonchev–Trinajstić information content (AvgIpc) is 2.89. The van der Waals surface area contributed by atoms with E-state index in [1.165, 1.54) is 5.56 Å². The van der Waals surface area contributed by atoms with Gasteiger partial charge < -0.3 is 0 Å². The Kier molecular flexibility index (Phi) is 4.35. The molecule has 102 valence electrons. The van der Waals surface area contributed by atoms with Crippen LogP contribution in [0.15, 0.2) is 30.3 Å². The van der Waals surface area contributed by atoms with Crippen molar-refractivity contribution in [3.05, 3.63) is 47.5 Å². The van der Waals surface area contributed by atoms with Gasteiger partial charge in [0.15, 0.2) is 5.82 Å². The lowest BCUT2D eigenvalue weighted by atomic mass is 9.85. The van der Waals surface area contributed by atoms with Crippen molar-refractivity contribution in [2.24, 2.45) is 5.92 Å². The van der Waals surface area contributed by atoms with Crippen molar-refractivity contribution in [2.45, 2.75) is 46.0 Å². The molecule has 3 nitrogen and oxygen atoms in total. The Hall–Kier alpha value is -1.64. The number of hydrogen-bond donors (Lipinski definition) is 1. The number of nitrogens with zero attached hydrogens (tertiary/aromatic N) is 2. The molecule has 3 heteroatoms. The average molecular weight is 257 g/mol. The standard InChI is InChI=1S/C16H23N3/c1-5-12(4)14(13-9-7-6-8-10-13)16-17-15(11(2)3)18-19-16/h6-12,14H,5H2,1-4H3,(H,17,18,19). The maximum absolute atomic E-state index is 4.69. The highest BCUT2D eigenvalue weighted by Crippen LogP contribution is 2.31. The van der Waals surface area contributed by atoms with Gasteiger partial charge in [0, 0.05) is 11.8 Å². The summed E-state index contributed by atoms with van der Waals surface area (Å²) in [5.41, 5.74) is 1.31. The number of hydrogen-bond acceptors (Lipinski definition) is 2. The fourth-order valence-electron chi connectivity index (χ4n) is 2.34. The number of nitrogens with one attached hydrogen (secondary N) is 1. The molecule has 2 rings (SSSR count). The molecule has 19 heavy (non-hydrogen) atoms. The predicted octanol–water partition coefficient (Wildman–Crippen LogP) is 4.11. The Morgan fingerprint density at radius 1 is 1.11 bits per heavy atom. The van der Waals surface area contributed by atoms with Crippen LogP contribution < -0.4 is 0 Å². The van der Waals surface area contributed by atoms with Gasteiger partial charge in [0.1, 0.15) is 5.82 Å². The van der Waals surface area contributed by atoms with E-state index in [0.717, 1.165) is 18.1 Å². The third-order valence-corrected chi connectivity index (χ3v) is 3.70. The second kappa shape index (κ2) is 6.00. The van der Waals surface area contributed by atoms with Crippen LogP contribution in [0.4, 0.5) is 0 Å². The van der Waals surface area contributed by atoms with Crippen LogP contribution in [-0.2, 0) is 0 Å². The summed E-state index contributed by atoms with van der Waals surface area (Å²) in [6.07, 6.45) is 1.12. The summed E-state index contributed by atoms with van der Waals surface area (Å²) in [6.45, 7) is 8.73. The summed E-state index contributed by atoms with van der Waals surface area (Å²) >= 11 is 0. The molecule has 0 saturated heterocycles. The monoisotopic (exact) mass is 257 g/mol. The largest absolute Gasteiger partial charge is 0.263 e. The van der Waals surface area contributed by atoms with Gasteiger partial charge in [-0.2, -0.15) is 5.10 Å². The van der Waals surface area contributed by atoms with E-state index in [2.05, 4.69) is 73.2 Å². The molecule has 0 fully saturated rings. The van der Waals surface area contributed by atoms with Crippen LogP contribution in [-0.4, -0.2) is 15.2 Å². The fraction of sp³-hybridized carbons (Fsp3) is 0.500. The molecule has 1 N–H and O–H groups in total. The van der Waals surface area contributed by atoms with E-state index >= 15 is 0 Å². The Labute approximate surface area is 115 Å². The van der Waals surface area contributed by atoms with Crippen LogP contribution in [0, 0.1) is 5.92 Å². The predicted molar refractivity (Wildman–Crippen MR) is 78.2 cm³/mol. The topological polar surface area (TPSA) is 41.6 Å². The van der Waals surface area contributed by atoms with Crippen LogP contribution >= 0.6 is 0 Å². The molecule has 2 atom stereocenters. The minimum atomic E-state index is 0.297. The Bertz CT molecular complexity index is 502. The molecule has 0 aliphatic heterocycles. The summed E-state index contributed by atoms with van der Waals surface area (Å²) in [4.78, 5) is 4.69. The van der Waals surface area contributed by atoms with Crippen molar-refractivity contribution in [3.63, 3.8) is 0 Å². The smallest absolute Gasteiger partial charge is 0.153 e. The van der Waals surface area contributed by atoms with Crippen LogP contribution in [0.3, 0.4) is 0 Å². The first-order chi connectivity index (χ1) is 9.13. The molecular formula is C16H23N3. The molecule has 0 aliphatic rings. The van der Waals surface area contributed by atoms with E-state index in [1.54, 1.807) is 0 Å². The first-order valence-corrected chi connectivity index (χ1v) is 7.10. The molecule has 0 radical (unpaired) electrons. The summed E-state index contributed by atoms with van der Waals surface area (Å²) < 4.78 is 0. The molecule has 1 aromatic heterocycles. The first kappa shape index (κ1) is 13.8. The van der Waals surface area contributed by atoms with Crippen molar-refractivity contribution in [3.8, 4) is 0 Å². The lowest BCUT2D eigenvalue weighted by Gasteiger charge is -2.21. The zero-order valence-electron chi connectivity index (χ0n) is 12.2. The fourth-order valence-corrected chi connectivity index (χ4v) is 2.34. The van der Waals surface area contributed by atoms with Gasteiger partial charge in [0.2, 0.25) is 0 Å². The van der Waals surface area contributed by atoms with E-state index < -0.39 is 0 Å². The van der Waals surface area contributed by atoms with Crippen molar-refractivity contribution in [1.29, 1.82) is 0 Å². The van der Waals surface area contributed by atoms with Gasteiger partial charge in [-0.25, -0.2) is 4.98 Å². The minimum absolute atomic E-state index is 0.297. The zero-order chi connectivity index (χ0) is 13.8. The van der Waals surface area contributed by atoms with Gasteiger partial charge in [-0.05, 0) is 11.5 Å². The van der Waals surface area contributed by atoms with E-state index in [-0.39, 0.29) is 0 Å². The second-order valence-corrected chi connectivity index (χ2v) is 5.51. The SMILES string of the molecule is CCC(C)C(c1ccccc1)c1nc(C(C)C)n[nH]1. The van der Waals surface area contributed by atoms with Gasteiger partial charge in [0.25, 0.3) is 0 Å². The molecule has 2 aromatic rings. The highest BCUT2D eigenvalue weighted by Gasteiger charge is 2.24. The molecular weight excluding hydrogens is 234 g/mol. The van der Waals surface area contributed by atoms with Gasteiger partial charge in [0.05, 0.1) is 0 Å². The van der Waals surface area contributed by atoms with E-state index in [1.807, 2.05) is 0 Å². The molecule has 0 bridgehead atoms. The third-order valence-electron chi connectivity index (χ3n) is 3.70. The van der Waals surface area contributed by atoms with Gasteiger partial charge >= 0.3 is 0 Å². The molecule has 0 spiro atoms. The molecule has 0 amide bonds. The quantitative estimate of drug-likeness (QED) is 0.876. The third kappa shape index (κ3) is 3.03. The summed E-state index contributed by atoms with van der Waals surface area (Å²) in [7, 11) is 0. The number of rotatable bonds is 5. The summed E-state index contributed by atoms with van der Waals surface area (Å²) in [5.74, 6) is 3.09. The Balaban J connectivity index is 2.37. The zero-order valence-corrected chi connectivity index (χ0v) is 12.2.